The number of likely N-dealkylation sites (tertiary alicyclic amines) is 1. The van der Waals surface area contributed by atoms with E-state index in [2.05, 4.69) is 0 Å². The number of ether oxygens (including phenoxy) is 1. The number of aliphatic carboxylic acids is 1. The van der Waals surface area contributed by atoms with Gasteiger partial charge in [-0.3, -0.25) is 9.59 Å². The molecule has 5 heteroatoms. The Hall–Kier alpha value is -2.04. The Labute approximate surface area is 111 Å². The van der Waals surface area contributed by atoms with Crippen LogP contribution in [0.4, 0.5) is 0 Å². The number of hydrogen-bond acceptors (Lipinski definition) is 3. The standard InChI is InChI=1S/C14H17NO4/c1-19-12-4-2-3-10(7-12)5-6-15-9-11(14(17)18)8-13(15)16/h2-4,7,11H,5-6,8-9H2,1H3,(H,17,18). The predicted octanol–water partition coefficient (Wildman–Crippen LogP) is 1.17. The fourth-order valence-corrected chi connectivity index (χ4v) is 2.25. The summed E-state index contributed by atoms with van der Waals surface area (Å²) in [7, 11) is 1.61. The molecular formula is C14H17NO4. The predicted molar refractivity (Wildman–Crippen MR) is 69.0 cm³/mol. The monoisotopic (exact) mass is 263 g/mol. The van der Waals surface area contributed by atoms with Crippen molar-refractivity contribution >= 4 is 11.9 Å². The van der Waals surface area contributed by atoms with Gasteiger partial charge in [-0.25, -0.2) is 0 Å². The molecule has 0 aromatic heterocycles. The zero-order valence-electron chi connectivity index (χ0n) is 10.8. The van der Waals surface area contributed by atoms with E-state index >= 15 is 0 Å². The van der Waals surface area contributed by atoms with Crippen molar-refractivity contribution in [2.24, 2.45) is 5.92 Å². The first-order chi connectivity index (χ1) is 9.10. The summed E-state index contributed by atoms with van der Waals surface area (Å²) in [6, 6.07) is 7.66. The van der Waals surface area contributed by atoms with E-state index in [1.807, 2.05) is 24.3 Å². The number of methoxy groups -OCH3 is 1. The van der Waals surface area contributed by atoms with Crippen LogP contribution in [0.5, 0.6) is 5.75 Å². The molecule has 0 radical (unpaired) electrons. The van der Waals surface area contributed by atoms with E-state index in [1.54, 1.807) is 12.0 Å². The van der Waals surface area contributed by atoms with E-state index in [0.29, 0.717) is 19.5 Å². The minimum Gasteiger partial charge on any atom is -0.497 e. The van der Waals surface area contributed by atoms with Crippen LogP contribution < -0.4 is 4.74 Å². The van der Waals surface area contributed by atoms with Crippen molar-refractivity contribution in [3.8, 4) is 5.75 Å². The third-order valence-electron chi connectivity index (χ3n) is 3.37. The van der Waals surface area contributed by atoms with Gasteiger partial charge in [0, 0.05) is 19.5 Å². The first kappa shape index (κ1) is 13.4. The lowest BCUT2D eigenvalue weighted by Gasteiger charge is -2.16. The molecule has 1 aliphatic heterocycles. The maximum Gasteiger partial charge on any atom is 0.308 e. The number of hydrogen-bond donors (Lipinski definition) is 1. The summed E-state index contributed by atoms with van der Waals surface area (Å²) in [5, 5.41) is 8.91. The number of benzene rings is 1. The molecule has 1 N–H and O–H groups in total. The summed E-state index contributed by atoms with van der Waals surface area (Å²) in [5.41, 5.74) is 1.07. The third kappa shape index (κ3) is 3.24. The van der Waals surface area contributed by atoms with E-state index < -0.39 is 11.9 Å². The molecule has 1 saturated heterocycles. The second-order valence-corrected chi connectivity index (χ2v) is 4.68. The van der Waals surface area contributed by atoms with Crippen LogP contribution in [0.25, 0.3) is 0 Å². The van der Waals surface area contributed by atoms with Crippen molar-refractivity contribution in [3.63, 3.8) is 0 Å². The maximum atomic E-state index is 11.7. The molecule has 1 atom stereocenters. The van der Waals surface area contributed by atoms with Gasteiger partial charge in [0.2, 0.25) is 5.91 Å². The number of carbonyl (C=O) groups excluding carboxylic acids is 1. The van der Waals surface area contributed by atoms with E-state index in [0.717, 1.165) is 11.3 Å². The van der Waals surface area contributed by atoms with Gasteiger partial charge in [0.1, 0.15) is 5.75 Å². The van der Waals surface area contributed by atoms with Gasteiger partial charge in [-0.05, 0) is 24.1 Å². The minimum absolute atomic E-state index is 0.0738. The molecule has 1 unspecified atom stereocenters. The molecule has 1 aliphatic rings. The highest BCUT2D eigenvalue weighted by Gasteiger charge is 2.33. The average Bonchev–Trinajstić information content (AvgIpc) is 2.78. The average molecular weight is 263 g/mol. The Morgan fingerprint density at radius 3 is 2.95 bits per heavy atom. The van der Waals surface area contributed by atoms with Gasteiger partial charge in [-0.2, -0.15) is 0 Å². The summed E-state index contributed by atoms with van der Waals surface area (Å²) in [5.74, 6) is -0.737. The second-order valence-electron chi connectivity index (χ2n) is 4.68. The topological polar surface area (TPSA) is 66.8 Å². The van der Waals surface area contributed by atoms with Crippen molar-refractivity contribution in [2.45, 2.75) is 12.8 Å². The van der Waals surface area contributed by atoms with Crippen LogP contribution in [0, 0.1) is 5.92 Å². The van der Waals surface area contributed by atoms with Crippen molar-refractivity contribution < 1.29 is 19.4 Å². The van der Waals surface area contributed by atoms with Crippen LogP contribution in [-0.4, -0.2) is 42.1 Å². The van der Waals surface area contributed by atoms with Crippen LogP contribution in [0.15, 0.2) is 24.3 Å². The van der Waals surface area contributed by atoms with Crippen molar-refractivity contribution in [1.82, 2.24) is 4.90 Å². The SMILES string of the molecule is COc1cccc(CCN2CC(C(=O)O)CC2=O)c1. The summed E-state index contributed by atoms with van der Waals surface area (Å²) < 4.78 is 5.14. The molecule has 0 aliphatic carbocycles. The molecule has 1 aromatic carbocycles. The summed E-state index contributed by atoms with van der Waals surface area (Å²) in [4.78, 5) is 24.1. The third-order valence-corrected chi connectivity index (χ3v) is 3.37. The van der Waals surface area contributed by atoms with Gasteiger partial charge < -0.3 is 14.7 Å². The molecular weight excluding hydrogens is 246 g/mol. The molecule has 0 saturated carbocycles. The lowest BCUT2D eigenvalue weighted by atomic mass is 10.1. The lowest BCUT2D eigenvalue weighted by Crippen LogP contribution is -2.28. The van der Waals surface area contributed by atoms with Gasteiger partial charge in [0.25, 0.3) is 0 Å². The van der Waals surface area contributed by atoms with Gasteiger partial charge >= 0.3 is 5.97 Å². The molecule has 0 spiro atoms. The molecule has 5 nitrogen and oxygen atoms in total. The molecule has 1 aromatic rings. The van der Waals surface area contributed by atoms with Crippen LogP contribution in [0.3, 0.4) is 0 Å². The van der Waals surface area contributed by atoms with E-state index in [4.69, 9.17) is 9.84 Å². The molecule has 2 rings (SSSR count). The Morgan fingerprint density at radius 1 is 1.53 bits per heavy atom. The molecule has 19 heavy (non-hydrogen) atoms. The van der Waals surface area contributed by atoms with E-state index in [9.17, 15) is 9.59 Å². The van der Waals surface area contributed by atoms with Gasteiger partial charge in [-0.1, -0.05) is 12.1 Å². The molecule has 0 bridgehead atoms. The summed E-state index contributed by atoms with van der Waals surface area (Å²) >= 11 is 0. The highest BCUT2D eigenvalue weighted by atomic mass is 16.5. The zero-order valence-corrected chi connectivity index (χ0v) is 10.8. The van der Waals surface area contributed by atoms with Crippen molar-refractivity contribution in [2.75, 3.05) is 20.2 Å². The summed E-state index contributed by atoms with van der Waals surface area (Å²) in [6.07, 6.45) is 0.822. The van der Waals surface area contributed by atoms with Crippen molar-refractivity contribution in [3.05, 3.63) is 29.8 Å². The first-order valence-electron chi connectivity index (χ1n) is 6.23. The van der Waals surface area contributed by atoms with Crippen LogP contribution >= 0.6 is 0 Å². The second kappa shape index (κ2) is 5.73. The van der Waals surface area contributed by atoms with E-state index in [1.165, 1.54) is 0 Å². The Bertz CT molecular complexity index is 486. The minimum atomic E-state index is -0.891. The number of carboxylic acids is 1. The van der Waals surface area contributed by atoms with Crippen LogP contribution in [-0.2, 0) is 16.0 Å². The number of nitrogens with zero attached hydrogens (tertiary/aromatic N) is 1. The highest BCUT2D eigenvalue weighted by molar-refractivity contribution is 5.86. The van der Waals surface area contributed by atoms with E-state index in [-0.39, 0.29) is 12.3 Å². The van der Waals surface area contributed by atoms with Crippen molar-refractivity contribution in [1.29, 1.82) is 0 Å². The zero-order chi connectivity index (χ0) is 13.8. The Kier molecular flexibility index (Phi) is 4.04. The maximum absolute atomic E-state index is 11.7. The largest absolute Gasteiger partial charge is 0.497 e. The number of amides is 1. The van der Waals surface area contributed by atoms with Crippen LogP contribution in [0.1, 0.15) is 12.0 Å². The smallest absolute Gasteiger partial charge is 0.308 e. The normalized spacial score (nSPS) is 18.7. The first-order valence-corrected chi connectivity index (χ1v) is 6.23. The van der Waals surface area contributed by atoms with Gasteiger partial charge in [0.15, 0.2) is 0 Å². The number of carbonyl (C=O) groups is 2. The van der Waals surface area contributed by atoms with Gasteiger partial charge in [-0.15, -0.1) is 0 Å². The number of carboxylic acid groups (broad SMARTS) is 1. The Morgan fingerprint density at radius 2 is 2.32 bits per heavy atom. The molecule has 1 fully saturated rings. The fraction of sp³-hybridized carbons (Fsp3) is 0.429. The fourth-order valence-electron chi connectivity index (χ4n) is 2.25. The Balaban J connectivity index is 1.92. The summed E-state index contributed by atoms with van der Waals surface area (Å²) in [6.45, 7) is 0.869. The highest BCUT2D eigenvalue weighted by Crippen LogP contribution is 2.19. The molecule has 1 heterocycles. The number of rotatable bonds is 5. The van der Waals surface area contributed by atoms with Gasteiger partial charge in [0.05, 0.1) is 13.0 Å². The van der Waals surface area contributed by atoms with Crippen LogP contribution in [0.2, 0.25) is 0 Å². The lowest BCUT2D eigenvalue weighted by molar-refractivity contribution is -0.141. The quantitative estimate of drug-likeness (QED) is 0.866. The molecule has 1 amide bonds. The molecule has 102 valence electrons.